The minimum atomic E-state index is -1.14. The molecule has 4 amide bonds. The molecule has 10 nitrogen and oxygen atoms in total. The fourth-order valence-electron chi connectivity index (χ4n) is 5.59. The summed E-state index contributed by atoms with van der Waals surface area (Å²) in [5.41, 5.74) is 7.51. The van der Waals surface area contributed by atoms with Crippen molar-refractivity contribution in [3.63, 3.8) is 0 Å². The Morgan fingerprint density at radius 2 is 1.14 bits per heavy atom. The van der Waals surface area contributed by atoms with Gasteiger partial charge < -0.3 is 31.5 Å². The van der Waals surface area contributed by atoms with Crippen LogP contribution in [0.4, 0.5) is 4.79 Å². The van der Waals surface area contributed by atoms with Gasteiger partial charge in [-0.3, -0.25) is 14.4 Å². The second kappa shape index (κ2) is 18.7. The summed E-state index contributed by atoms with van der Waals surface area (Å²) in [7, 11) is 0. The van der Waals surface area contributed by atoms with Crippen LogP contribution in [-0.4, -0.2) is 58.8 Å². The van der Waals surface area contributed by atoms with Crippen molar-refractivity contribution in [2.75, 3.05) is 0 Å². The van der Waals surface area contributed by atoms with Crippen LogP contribution in [0, 0.1) is 11.8 Å². The average Bonchev–Trinajstić information content (AvgIpc) is 3.03. The van der Waals surface area contributed by atoms with Crippen molar-refractivity contribution in [1.29, 1.82) is 0 Å². The summed E-state index contributed by atoms with van der Waals surface area (Å²) in [5, 5.41) is 20.1. The number of hydrogen-bond donors (Lipinski definition) is 5. The molecule has 49 heavy (non-hydrogen) atoms. The third kappa shape index (κ3) is 14.1. The predicted octanol–water partition coefficient (Wildman–Crippen LogP) is 4.48. The van der Waals surface area contributed by atoms with E-state index >= 15 is 0 Å². The highest BCUT2D eigenvalue weighted by molar-refractivity contribution is 5.92. The summed E-state index contributed by atoms with van der Waals surface area (Å²) >= 11 is 0. The molecule has 0 saturated carbocycles. The molecule has 0 heterocycles. The van der Waals surface area contributed by atoms with Crippen molar-refractivity contribution < 1.29 is 29.0 Å². The van der Waals surface area contributed by atoms with Gasteiger partial charge in [0.15, 0.2) is 0 Å². The number of rotatable bonds is 17. The first-order valence-electron chi connectivity index (χ1n) is 16.9. The van der Waals surface area contributed by atoms with E-state index in [1.807, 2.05) is 105 Å². The number of aliphatic hydroxyl groups is 1. The van der Waals surface area contributed by atoms with Crippen molar-refractivity contribution in [2.24, 2.45) is 17.6 Å². The van der Waals surface area contributed by atoms with Crippen LogP contribution in [0.2, 0.25) is 0 Å². The van der Waals surface area contributed by atoms with E-state index in [1.54, 1.807) is 20.8 Å². The molecule has 3 aromatic rings. The summed E-state index contributed by atoms with van der Waals surface area (Å²) < 4.78 is 5.49. The molecule has 0 aromatic heterocycles. The number of carbonyl (C=O) groups excluding carboxylic acids is 4. The number of carbonyl (C=O) groups is 4. The first-order chi connectivity index (χ1) is 23.2. The molecule has 0 saturated heterocycles. The number of nitrogens with one attached hydrogen (secondary N) is 3. The second-order valence-corrected chi connectivity index (χ2v) is 14.0. The third-order valence-corrected chi connectivity index (χ3v) is 7.97. The summed E-state index contributed by atoms with van der Waals surface area (Å²) in [6, 6.07) is 25.4. The lowest BCUT2D eigenvalue weighted by Crippen LogP contribution is -2.55. The van der Waals surface area contributed by atoms with Gasteiger partial charge in [-0.15, -0.1) is 0 Å². The molecule has 0 aliphatic rings. The number of primary amides is 1. The van der Waals surface area contributed by atoms with Gasteiger partial charge in [-0.2, -0.15) is 0 Å². The molecular formula is C39H52N4O6. The lowest BCUT2D eigenvalue weighted by atomic mass is 9.88. The lowest BCUT2D eigenvalue weighted by Gasteiger charge is -2.30. The van der Waals surface area contributed by atoms with E-state index < -0.39 is 59.6 Å². The maximum absolute atomic E-state index is 14.1. The van der Waals surface area contributed by atoms with Crippen LogP contribution in [0.5, 0.6) is 0 Å². The number of nitrogens with two attached hydrogens (primary N) is 1. The summed E-state index contributed by atoms with van der Waals surface area (Å²) in [6.45, 7) is 9.14. The average molecular weight is 673 g/mol. The van der Waals surface area contributed by atoms with Crippen molar-refractivity contribution in [2.45, 2.75) is 96.6 Å². The normalized spacial score (nSPS) is 14.5. The number of aliphatic hydroxyl groups excluding tert-OH is 1. The van der Waals surface area contributed by atoms with E-state index in [2.05, 4.69) is 16.0 Å². The zero-order valence-electron chi connectivity index (χ0n) is 29.2. The van der Waals surface area contributed by atoms with E-state index in [1.165, 1.54) is 0 Å². The maximum Gasteiger partial charge on any atom is 0.407 e. The number of alkyl carbamates (subject to hydrolysis) is 1. The molecule has 5 atom stereocenters. The molecule has 3 aromatic carbocycles. The summed E-state index contributed by atoms with van der Waals surface area (Å²) in [5.74, 6) is -2.37. The molecule has 0 bridgehead atoms. The van der Waals surface area contributed by atoms with E-state index in [9.17, 15) is 24.3 Å². The molecule has 0 aliphatic carbocycles. The van der Waals surface area contributed by atoms with Gasteiger partial charge in [0.1, 0.15) is 17.7 Å². The van der Waals surface area contributed by atoms with Crippen LogP contribution in [0.3, 0.4) is 0 Å². The van der Waals surface area contributed by atoms with Gasteiger partial charge in [0, 0.05) is 12.3 Å². The van der Waals surface area contributed by atoms with Crippen LogP contribution < -0.4 is 21.7 Å². The van der Waals surface area contributed by atoms with Crippen LogP contribution in [0.25, 0.3) is 0 Å². The van der Waals surface area contributed by atoms with Crippen LogP contribution in [0.15, 0.2) is 91.0 Å². The number of benzene rings is 3. The zero-order chi connectivity index (χ0) is 36.0. The number of amides is 4. The predicted molar refractivity (Wildman–Crippen MR) is 190 cm³/mol. The first kappa shape index (κ1) is 38.7. The van der Waals surface area contributed by atoms with Gasteiger partial charge in [0.2, 0.25) is 17.7 Å². The molecule has 0 unspecified atom stereocenters. The van der Waals surface area contributed by atoms with Crippen LogP contribution in [-0.2, 0) is 38.4 Å². The minimum Gasteiger partial charge on any atom is -0.444 e. The highest BCUT2D eigenvalue weighted by Crippen LogP contribution is 2.20. The molecule has 0 spiro atoms. The Balaban J connectivity index is 1.85. The molecule has 0 aliphatic heterocycles. The second-order valence-electron chi connectivity index (χ2n) is 14.0. The summed E-state index contributed by atoms with van der Waals surface area (Å²) in [6.07, 6.45) is -0.731. The highest BCUT2D eigenvalue weighted by Gasteiger charge is 2.33. The highest BCUT2D eigenvalue weighted by atomic mass is 16.6. The number of ether oxygens (including phenoxy) is 1. The summed E-state index contributed by atoms with van der Waals surface area (Å²) in [4.78, 5) is 52.9. The standard InChI is InChI=1S/C39H52N4O6/c1-26(2)21-33(37(47)41-32(35(40)45)24-29-19-13-8-14-20-29)42-36(46)30(22-27-15-9-6-10-16-27)25-34(44)31(23-28-17-11-7-12-18-28)43-38(48)49-39(3,4)5/h6-20,26,30-34,44H,21-25H2,1-5H3,(H2,40,45)(H,41,47)(H,42,46)(H,43,48)/t30-,31-,32-,33-,34+/m0/s1. The van der Waals surface area contributed by atoms with E-state index in [0.29, 0.717) is 12.8 Å². The van der Waals surface area contributed by atoms with Crippen molar-refractivity contribution in [3.05, 3.63) is 108 Å². The van der Waals surface area contributed by atoms with Gasteiger partial charge in [-0.1, -0.05) is 105 Å². The Bertz CT molecular complexity index is 1480. The minimum absolute atomic E-state index is 0.0119. The smallest absolute Gasteiger partial charge is 0.407 e. The molecule has 264 valence electrons. The molecule has 0 radical (unpaired) electrons. The zero-order valence-corrected chi connectivity index (χ0v) is 29.2. The first-order valence-corrected chi connectivity index (χ1v) is 16.9. The Hall–Kier alpha value is -4.70. The van der Waals surface area contributed by atoms with Crippen molar-refractivity contribution >= 4 is 23.8 Å². The topological polar surface area (TPSA) is 160 Å². The Kier molecular flexibility index (Phi) is 14.8. The van der Waals surface area contributed by atoms with Gasteiger partial charge >= 0.3 is 6.09 Å². The van der Waals surface area contributed by atoms with Gasteiger partial charge in [-0.25, -0.2) is 4.79 Å². The van der Waals surface area contributed by atoms with Gasteiger partial charge in [0.25, 0.3) is 0 Å². The Labute approximate surface area is 290 Å². The van der Waals surface area contributed by atoms with Crippen molar-refractivity contribution in [3.8, 4) is 0 Å². The molecule has 0 fully saturated rings. The Morgan fingerprint density at radius 1 is 0.673 bits per heavy atom. The quantitative estimate of drug-likeness (QED) is 0.142. The third-order valence-electron chi connectivity index (χ3n) is 7.97. The SMILES string of the molecule is CC(C)C[C@H](NC(=O)[C@@H](Cc1ccccc1)C[C@@H](O)[C@H](Cc1ccccc1)NC(=O)OC(C)(C)C)C(=O)N[C@@H](Cc1ccccc1)C(N)=O. The maximum atomic E-state index is 14.1. The van der Waals surface area contributed by atoms with Gasteiger partial charge in [-0.05, 0) is 69.1 Å². The van der Waals surface area contributed by atoms with E-state index in [-0.39, 0.29) is 25.2 Å². The Morgan fingerprint density at radius 3 is 1.61 bits per heavy atom. The molecule has 10 heteroatoms. The van der Waals surface area contributed by atoms with Gasteiger partial charge in [0.05, 0.1) is 12.1 Å². The van der Waals surface area contributed by atoms with Crippen molar-refractivity contribution in [1.82, 2.24) is 16.0 Å². The van der Waals surface area contributed by atoms with Crippen LogP contribution in [0.1, 0.15) is 64.2 Å². The fourth-order valence-corrected chi connectivity index (χ4v) is 5.59. The molecular weight excluding hydrogens is 620 g/mol. The van der Waals surface area contributed by atoms with E-state index in [0.717, 1.165) is 16.7 Å². The fraction of sp³-hybridized carbons (Fsp3) is 0.436. The largest absolute Gasteiger partial charge is 0.444 e. The monoisotopic (exact) mass is 672 g/mol. The molecule has 6 N–H and O–H groups in total. The lowest BCUT2D eigenvalue weighted by molar-refractivity contribution is -0.133. The van der Waals surface area contributed by atoms with Crippen LogP contribution >= 0.6 is 0 Å². The molecule has 3 rings (SSSR count). The van der Waals surface area contributed by atoms with E-state index in [4.69, 9.17) is 10.5 Å². The number of hydrogen-bond acceptors (Lipinski definition) is 6.